The number of aromatic nitrogens is 3. The Hall–Kier alpha value is -2.74. The largest absolute Gasteiger partial charge is 0.462 e. The highest BCUT2D eigenvalue weighted by atomic mass is 32.2. The molecular weight excluding hydrogens is 330 g/mol. The van der Waals surface area contributed by atoms with Crippen LogP contribution in [0.2, 0.25) is 0 Å². The molecule has 0 aliphatic carbocycles. The predicted molar refractivity (Wildman–Crippen MR) is 88.4 cm³/mol. The number of esters is 1. The van der Waals surface area contributed by atoms with Crippen molar-refractivity contribution in [2.24, 2.45) is 0 Å². The van der Waals surface area contributed by atoms with Gasteiger partial charge in [-0.05, 0) is 19.1 Å². The highest BCUT2D eigenvalue weighted by Crippen LogP contribution is 2.29. The van der Waals surface area contributed by atoms with Crippen LogP contribution in [-0.2, 0) is 14.6 Å². The molecule has 1 N–H and O–H groups in total. The highest BCUT2D eigenvalue weighted by Gasteiger charge is 2.19. The van der Waals surface area contributed by atoms with Crippen LogP contribution in [-0.4, -0.2) is 42.2 Å². The standard InChI is InChI=1S/C16H15N3O4S/c1-3-23-16(20)12-8-17-15-13(12)14(18-9-19-15)10-4-6-11(7-5-10)24(2,21)22/h4-9H,3H2,1-2H3,(H,17,18,19). The monoisotopic (exact) mass is 345 g/mol. The Morgan fingerprint density at radius 3 is 2.54 bits per heavy atom. The molecule has 124 valence electrons. The summed E-state index contributed by atoms with van der Waals surface area (Å²) in [5.41, 5.74) is 2.06. The van der Waals surface area contributed by atoms with E-state index in [0.29, 0.717) is 27.9 Å². The molecule has 24 heavy (non-hydrogen) atoms. The van der Waals surface area contributed by atoms with Crippen LogP contribution in [0.1, 0.15) is 17.3 Å². The average Bonchev–Trinajstić information content (AvgIpc) is 2.98. The Balaban J connectivity index is 2.16. The van der Waals surface area contributed by atoms with Crippen LogP contribution >= 0.6 is 0 Å². The van der Waals surface area contributed by atoms with E-state index in [1.165, 1.54) is 24.7 Å². The first kappa shape index (κ1) is 16.1. The van der Waals surface area contributed by atoms with Gasteiger partial charge in [-0.2, -0.15) is 0 Å². The minimum Gasteiger partial charge on any atom is -0.462 e. The van der Waals surface area contributed by atoms with E-state index in [0.717, 1.165) is 6.26 Å². The van der Waals surface area contributed by atoms with Crippen LogP contribution in [0.5, 0.6) is 0 Å². The molecule has 0 amide bonds. The number of fused-ring (bicyclic) bond motifs is 1. The van der Waals surface area contributed by atoms with Crippen molar-refractivity contribution in [1.82, 2.24) is 15.0 Å². The minimum absolute atomic E-state index is 0.219. The molecule has 0 unspecified atom stereocenters. The summed E-state index contributed by atoms with van der Waals surface area (Å²) < 4.78 is 28.2. The fourth-order valence-electron chi connectivity index (χ4n) is 2.41. The molecule has 0 radical (unpaired) electrons. The van der Waals surface area contributed by atoms with Crippen LogP contribution < -0.4 is 0 Å². The van der Waals surface area contributed by atoms with Gasteiger partial charge in [0.15, 0.2) is 9.84 Å². The maximum atomic E-state index is 12.1. The van der Waals surface area contributed by atoms with E-state index in [-0.39, 0.29) is 11.5 Å². The van der Waals surface area contributed by atoms with Gasteiger partial charge in [-0.15, -0.1) is 0 Å². The van der Waals surface area contributed by atoms with E-state index < -0.39 is 15.8 Å². The second kappa shape index (κ2) is 6.04. The second-order valence-corrected chi connectivity index (χ2v) is 7.18. The van der Waals surface area contributed by atoms with Gasteiger partial charge in [-0.25, -0.2) is 23.2 Å². The van der Waals surface area contributed by atoms with Crippen LogP contribution in [0.15, 0.2) is 41.7 Å². The van der Waals surface area contributed by atoms with Crippen LogP contribution in [0.3, 0.4) is 0 Å². The van der Waals surface area contributed by atoms with Crippen LogP contribution in [0.25, 0.3) is 22.3 Å². The molecule has 0 spiro atoms. The summed E-state index contributed by atoms with van der Waals surface area (Å²) in [6, 6.07) is 6.32. The van der Waals surface area contributed by atoms with Gasteiger partial charge >= 0.3 is 5.97 Å². The molecular formula is C16H15N3O4S. The summed E-state index contributed by atoms with van der Waals surface area (Å²) in [6.07, 6.45) is 4.06. The zero-order valence-corrected chi connectivity index (χ0v) is 13.9. The summed E-state index contributed by atoms with van der Waals surface area (Å²) in [5, 5.41) is 0.544. The molecule has 0 saturated heterocycles. The molecule has 2 heterocycles. The molecule has 0 bridgehead atoms. The van der Waals surface area contributed by atoms with Crippen molar-refractivity contribution >= 4 is 26.8 Å². The van der Waals surface area contributed by atoms with Gasteiger partial charge in [0.1, 0.15) is 12.0 Å². The number of nitrogens with zero attached hydrogens (tertiary/aromatic N) is 2. The van der Waals surface area contributed by atoms with Gasteiger partial charge in [0.05, 0.1) is 28.1 Å². The van der Waals surface area contributed by atoms with Gasteiger partial charge < -0.3 is 9.72 Å². The summed E-state index contributed by atoms with van der Waals surface area (Å²) in [6.45, 7) is 1.99. The number of H-pyrrole nitrogens is 1. The van der Waals surface area contributed by atoms with Crippen molar-refractivity contribution in [1.29, 1.82) is 0 Å². The smallest absolute Gasteiger partial charge is 0.340 e. The lowest BCUT2D eigenvalue weighted by Gasteiger charge is -2.06. The molecule has 0 saturated carbocycles. The number of ether oxygens (including phenoxy) is 1. The summed E-state index contributed by atoms with van der Waals surface area (Å²) in [7, 11) is -3.28. The number of aromatic amines is 1. The molecule has 2 aromatic heterocycles. The number of nitrogens with one attached hydrogen (secondary N) is 1. The topological polar surface area (TPSA) is 102 Å². The molecule has 0 aliphatic rings. The zero-order chi connectivity index (χ0) is 17.3. The van der Waals surface area contributed by atoms with Crippen LogP contribution in [0.4, 0.5) is 0 Å². The lowest BCUT2D eigenvalue weighted by atomic mass is 10.1. The molecule has 0 atom stereocenters. The first-order valence-corrected chi connectivity index (χ1v) is 9.10. The third kappa shape index (κ3) is 2.88. The first-order valence-electron chi connectivity index (χ1n) is 7.21. The molecule has 0 aliphatic heterocycles. The molecule has 7 nitrogen and oxygen atoms in total. The Morgan fingerprint density at radius 1 is 1.21 bits per heavy atom. The maximum Gasteiger partial charge on any atom is 0.340 e. The van der Waals surface area contributed by atoms with Gasteiger partial charge in [0, 0.05) is 18.0 Å². The summed E-state index contributed by atoms with van der Waals surface area (Å²) in [5.74, 6) is -0.465. The maximum absolute atomic E-state index is 12.1. The Morgan fingerprint density at radius 2 is 1.92 bits per heavy atom. The lowest BCUT2D eigenvalue weighted by Crippen LogP contribution is -2.04. The number of rotatable bonds is 4. The summed E-state index contributed by atoms with van der Waals surface area (Å²) >= 11 is 0. The van der Waals surface area contributed by atoms with Gasteiger partial charge in [-0.1, -0.05) is 12.1 Å². The number of carbonyl (C=O) groups excluding carboxylic acids is 1. The quantitative estimate of drug-likeness (QED) is 0.727. The predicted octanol–water partition coefficient (Wildman–Crippen LogP) is 2.21. The number of carbonyl (C=O) groups is 1. The number of sulfone groups is 1. The average molecular weight is 345 g/mol. The van der Waals surface area contributed by atoms with Crippen LogP contribution in [0, 0.1) is 0 Å². The minimum atomic E-state index is -3.28. The number of hydrogen-bond donors (Lipinski definition) is 1. The third-order valence-corrected chi connectivity index (χ3v) is 4.65. The van der Waals surface area contributed by atoms with E-state index in [4.69, 9.17) is 4.74 Å². The Bertz CT molecular complexity index is 1010. The highest BCUT2D eigenvalue weighted by molar-refractivity contribution is 7.90. The van der Waals surface area contributed by atoms with E-state index in [1.807, 2.05) is 0 Å². The second-order valence-electron chi connectivity index (χ2n) is 5.17. The van der Waals surface area contributed by atoms with Crippen molar-refractivity contribution in [2.45, 2.75) is 11.8 Å². The zero-order valence-electron chi connectivity index (χ0n) is 13.1. The first-order chi connectivity index (χ1) is 11.4. The number of hydrogen-bond acceptors (Lipinski definition) is 6. The van der Waals surface area contributed by atoms with Crippen molar-refractivity contribution in [3.63, 3.8) is 0 Å². The van der Waals surface area contributed by atoms with Crippen molar-refractivity contribution < 1.29 is 17.9 Å². The van der Waals surface area contributed by atoms with Crippen molar-refractivity contribution in [2.75, 3.05) is 12.9 Å². The van der Waals surface area contributed by atoms with E-state index in [1.54, 1.807) is 19.1 Å². The normalized spacial score (nSPS) is 11.6. The van der Waals surface area contributed by atoms with E-state index in [9.17, 15) is 13.2 Å². The Labute approximate surface area is 138 Å². The fraction of sp³-hybridized carbons (Fsp3) is 0.188. The number of benzene rings is 1. The molecule has 3 aromatic rings. The summed E-state index contributed by atoms with van der Waals surface area (Å²) in [4.78, 5) is 23.6. The molecule has 8 heteroatoms. The third-order valence-electron chi connectivity index (χ3n) is 3.52. The molecule has 1 aromatic carbocycles. The van der Waals surface area contributed by atoms with E-state index in [2.05, 4.69) is 15.0 Å². The Kier molecular flexibility index (Phi) is 4.06. The van der Waals surface area contributed by atoms with E-state index >= 15 is 0 Å². The molecule has 0 fully saturated rings. The fourth-order valence-corrected chi connectivity index (χ4v) is 3.04. The van der Waals surface area contributed by atoms with Gasteiger partial charge in [0.2, 0.25) is 0 Å². The lowest BCUT2D eigenvalue weighted by molar-refractivity contribution is 0.0528. The molecule has 3 rings (SSSR count). The van der Waals surface area contributed by atoms with Crippen molar-refractivity contribution in [3.8, 4) is 11.3 Å². The SMILES string of the molecule is CCOC(=O)c1c[nH]c2ncnc(-c3ccc(S(C)(=O)=O)cc3)c12. The van der Waals surface area contributed by atoms with Gasteiger partial charge in [0.25, 0.3) is 0 Å². The van der Waals surface area contributed by atoms with Gasteiger partial charge in [-0.3, -0.25) is 0 Å². The van der Waals surface area contributed by atoms with Crippen molar-refractivity contribution in [3.05, 3.63) is 42.4 Å².